The summed E-state index contributed by atoms with van der Waals surface area (Å²) in [4.78, 5) is 30.0. The molecule has 1 aliphatic rings. The number of carbonyl (C=O) groups is 2. The Balaban J connectivity index is 1.44. The molecule has 8 nitrogen and oxygen atoms in total. The van der Waals surface area contributed by atoms with E-state index in [1.807, 2.05) is 24.3 Å². The number of hydrogen-bond donors (Lipinski definition) is 0. The highest BCUT2D eigenvalue weighted by atomic mass is 32.2. The zero-order valence-corrected chi connectivity index (χ0v) is 18.5. The molecule has 0 unspecified atom stereocenters. The molecule has 0 atom stereocenters. The van der Waals surface area contributed by atoms with Crippen LogP contribution < -0.4 is 0 Å². The lowest BCUT2D eigenvalue weighted by Gasteiger charge is -2.33. The summed E-state index contributed by atoms with van der Waals surface area (Å²) >= 11 is 1.44. The van der Waals surface area contributed by atoms with E-state index in [1.54, 1.807) is 4.90 Å². The smallest absolute Gasteiger partial charge is 0.338 e. The quantitative estimate of drug-likeness (QED) is 0.544. The molecule has 0 radical (unpaired) electrons. The maximum absolute atomic E-state index is 13.0. The van der Waals surface area contributed by atoms with Crippen LogP contribution >= 0.6 is 11.3 Å². The van der Waals surface area contributed by atoms with Crippen molar-refractivity contribution in [2.45, 2.75) is 18.4 Å². The summed E-state index contributed by atoms with van der Waals surface area (Å²) < 4.78 is 33.6. The van der Waals surface area contributed by atoms with E-state index in [2.05, 4.69) is 4.98 Å². The second kappa shape index (κ2) is 8.74. The van der Waals surface area contributed by atoms with Crippen molar-refractivity contribution in [3.8, 4) is 0 Å². The first kappa shape index (κ1) is 21.4. The van der Waals surface area contributed by atoms with E-state index in [0.717, 1.165) is 10.2 Å². The van der Waals surface area contributed by atoms with Crippen molar-refractivity contribution in [2.24, 2.45) is 0 Å². The number of piperazine rings is 1. The number of ether oxygens (including phenoxy) is 1. The average molecular weight is 460 g/mol. The summed E-state index contributed by atoms with van der Waals surface area (Å²) in [5.74, 6) is -0.687. The van der Waals surface area contributed by atoms with Gasteiger partial charge in [-0.15, -0.1) is 11.3 Å². The summed E-state index contributed by atoms with van der Waals surface area (Å²) in [6, 6.07) is 13.5. The second-order valence-corrected chi connectivity index (χ2v) is 10.1. The van der Waals surface area contributed by atoms with E-state index in [4.69, 9.17) is 4.74 Å². The summed E-state index contributed by atoms with van der Waals surface area (Å²) in [6.07, 6.45) is 0. The van der Waals surface area contributed by atoms with Crippen LogP contribution in [-0.4, -0.2) is 60.7 Å². The number of hydrogen-bond acceptors (Lipinski definition) is 7. The van der Waals surface area contributed by atoms with Crippen LogP contribution in [-0.2, 0) is 26.2 Å². The maximum Gasteiger partial charge on any atom is 0.338 e. The molecule has 0 bridgehead atoms. The highest BCUT2D eigenvalue weighted by molar-refractivity contribution is 7.89. The second-order valence-electron chi connectivity index (χ2n) is 7.09. The molecule has 1 amide bonds. The van der Waals surface area contributed by atoms with Gasteiger partial charge in [0.25, 0.3) is 0 Å². The fourth-order valence-electron chi connectivity index (χ4n) is 3.37. The fourth-order valence-corrected chi connectivity index (χ4v) is 5.72. The Hall–Kier alpha value is -2.82. The number of esters is 1. The lowest BCUT2D eigenvalue weighted by atomic mass is 10.2. The number of nitrogens with zero attached hydrogens (tertiary/aromatic N) is 3. The van der Waals surface area contributed by atoms with Gasteiger partial charge in [0.15, 0.2) is 0 Å². The third-order valence-electron chi connectivity index (χ3n) is 5.06. The molecule has 2 aromatic carbocycles. The van der Waals surface area contributed by atoms with Gasteiger partial charge >= 0.3 is 5.97 Å². The lowest BCUT2D eigenvalue weighted by Crippen LogP contribution is -2.49. The number of rotatable bonds is 5. The number of amides is 1. The molecule has 3 aromatic rings. The predicted octanol–water partition coefficient (Wildman–Crippen LogP) is 2.51. The van der Waals surface area contributed by atoms with Gasteiger partial charge in [0.2, 0.25) is 15.9 Å². The molecule has 31 heavy (non-hydrogen) atoms. The van der Waals surface area contributed by atoms with E-state index in [-0.39, 0.29) is 36.1 Å². The van der Waals surface area contributed by atoms with E-state index >= 15 is 0 Å². The molecular formula is C21H21N3O5S2. The molecule has 1 aliphatic heterocycles. The third-order valence-corrected chi connectivity index (χ3v) is 7.96. The first-order chi connectivity index (χ1) is 14.8. The van der Waals surface area contributed by atoms with Gasteiger partial charge in [0, 0.05) is 33.1 Å². The first-order valence-electron chi connectivity index (χ1n) is 9.72. The predicted molar refractivity (Wildman–Crippen MR) is 116 cm³/mol. The Kier molecular flexibility index (Phi) is 6.03. The number of aromatic nitrogens is 1. The van der Waals surface area contributed by atoms with Crippen LogP contribution in [0.2, 0.25) is 0 Å². The van der Waals surface area contributed by atoms with Crippen LogP contribution in [0.4, 0.5) is 0 Å². The van der Waals surface area contributed by atoms with Gasteiger partial charge in [-0.3, -0.25) is 4.79 Å². The highest BCUT2D eigenvalue weighted by Gasteiger charge is 2.29. The van der Waals surface area contributed by atoms with Crippen molar-refractivity contribution >= 4 is 43.5 Å². The number of fused-ring (bicyclic) bond motifs is 1. The Morgan fingerprint density at radius 1 is 1.06 bits per heavy atom. The maximum atomic E-state index is 13.0. The van der Waals surface area contributed by atoms with Gasteiger partial charge in [0.05, 0.1) is 20.7 Å². The topological polar surface area (TPSA) is 96.9 Å². The van der Waals surface area contributed by atoms with E-state index < -0.39 is 16.0 Å². The Morgan fingerprint density at radius 2 is 1.81 bits per heavy atom. The molecule has 1 fully saturated rings. The highest BCUT2D eigenvalue weighted by Crippen LogP contribution is 2.23. The van der Waals surface area contributed by atoms with Crippen molar-refractivity contribution in [2.75, 3.05) is 26.2 Å². The van der Waals surface area contributed by atoms with Crippen LogP contribution in [0.5, 0.6) is 0 Å². The molecule has 10 heteroatoms. The van der Waals surface area contributed by atoms with Crippen molar-refractivity contribution in [1.82, 2.24) is 14.2 Å². The van der Waals surface area contributed by atoms with Gasteiger partial charge in [-0.1, -0.05) is 18.2 Å². The fraction of sp³-hybridized carbons (Fsp3) is 0.286. The monoisotopic (exact) mass is 459 g/mol. The van der Waals surface area contributed by atoms with Crippen LogP contribution in [0.1, 0.15) is 22.3 Å². The molecular weight excluding hydrogens is 438 g/mol. The molecule has 1 aromatic heterocycles. The van der Waals surface area contributed by atoms with Gasteiger partial charge in [-0.25, -0.2) is 18.2 Å². The van der Waals surface area contributed by atoms with Gasteiger partial charge in [-0.05, 0) is 30.3 Å². The van der Waals surface area contributed by atoms with Crippen molar-refractivity contribution in [1.29, 1.82) is 0 Å². The van der Waals surface area contributed by atoms with Crippen LogP contribution in [0.25, 0.3) is 10.2 Å². The van der Waals surface area contributed by atoms with E-state index in [1.165, 1.54) is 46.8 Å². The van der Waals surface area contributed by atoms with Crippen molar-refractivity contribution in [3.63, 3.8) is 0 Å². The number of sulfonamides is 1. The molecule has 0 aliphatic carbocycles. The first-order valence-corrected chi connectivity index (χ1v) is 12.0. The van der Waals surface area contributed by atoms with Gasteiger partial charge in [0.1, 0.15) is 11.6 Å². The number of carbonyl (C=O) groups excluding carboxylic acids is 2. The summed E-state index contributed by atoms with van der Waals surface area (Å²) in [5.41, 5.74) is 1.00. The summed E-state index contributed by atoms with van der Waals surface area (Å²) in [6.45, 7) is 2.61. The minimum atomic E-state index is -3.77. The SMILES string of the molecule is CC(=O)N1CCN(S(=O)(=O)c2cccc(C(=O)OCc3nc4ccccc4s3)c2)CC1. The van der Waals surface area contributed by atoms with Crippen LogP contribution in [0, 0.1) is 0 Å². The number of thiazole rings is 1. The van der Waals surface area contributed by atoms with Gasteiger partial charge < -0.3 is 9.64 Å². The minimum Gasteiger partial charge on any atom is -0.455 e. The standard InChI is InChI=1S/C21H21N3O5S2/c1-15(25)23-9-11-24(12-10-23)31(27,28)17-6-4-5-16(13-17)21(26)29-14-20-22-18-7-2-3-8-19(18)30-20/h2-8,13H,9-12,14H2,1H3. The Morgan fingerprint density at radius 3 is 2.52 bits per heavy atom. The largest absolute Gasteiger partial charge is 0.455 e. The molecule has 4 rings (SSSR count). The van der Waals surface area contributed by atoms with Gasteiger partial charge in [-0.2, -0.15) is 4.31 Å². The zero-order chi connectivity index (χ0) is 22.0. The summed E-state index contributed by atoms with van der Waals surface area (Å²) in [7, 11) is -3.77. The molecule has 0 saturated carbocycles. The Bertz CT molecular complexity index is 1200. The average Bonchev–Trinajstić information content (AvgIpc) is 3.20. The molecule has 0 spiro atoms. The zero-order valence-electron chi connectivity index (χ0n) is 16.9. The third kappa shape index (κ3) is 4.60. The van der Waals surface area contributed by atoms with Crippen molar-refractivity contribution in [3.05, 3.63) is 59.1 Å². The van der Waals surface area contributed by atoms with Crippen molar-refractivity contribution < 1.29 is 22.7 Å². The van der Waals surface area contributed by atoms with Crippen LogP contribution in [0.15, 0.2) is 53.4 Å². The summed E-state index contributed by atoms with van der Waals surface area (Å²) in [5, 5.41) is 0.668. The lowest BCUT2D eigenvalue weighted by molar-refractivity contribution is -0.129. The minimum absolute atomic E-state index is 0.0160. The number of para-hydroxylation sites is 1. The van der Waals surface area contributed by atoms with E-state index in [9.17, 15) is 18.0 Å². The van der Waals surface area contributed by atoms with Crippen LogP contribution in [0.3, 0.4) is 0 Å². The normalized spacial score (nSPS) is 15.2. The van der Waals surface area contributed by atoms with E-state index in [0.29, 0.717) is 18.1 Å². The number of benzene rings is 2. The molecule has 162 valence electrons. The molecule has 2 heterocycles. The molecule has 0 N–H and O–H groups in total. The molecule has 1 saturated heterocycles. The Labute approximate surface area is 184 Å².